The molecule has 0 bridgehead atoms. The molecule has 1 amide bonds. The third-order valence-electron chi connectivity index (χ3n) is 8.55. The maximum absolute atomic E-state index is 13.9. The van der Waals surface area contributed by atoms with Crippen molar-refractivity contribution in [2.24, 2.45) is 5.41 Å². The average Bonchev–Trinajstić information content (AvgIpc) is 3.11. The standard InChI is InChI=1S/C33H34FN5O4/c1-33(2)19-27-31(29(40)20-33)32(22-7-11-25(12-8-22)39(42)43)38(28-6-4-3-5-26(28)35-27)21-30(41)37-17-15-36(16-18-37)24-13-9-23(34)10-14-24/h3-14,32,35H,15-21H2,1-2H3. The van der Waals surface area contributed by atoms with Crippen LogP contribution in [0.15, 0.2) is 84.1 Å². The number of non-ortho nitro benzene ring substituents is 1. The first-order valence-electron chi connectivity index (χ1n) is 14.5. The zero-order valence-corrected chi connectivity index (χ0v) is 24.3. The summed E-state index contributed by atoms with van der Waals surface area (Å²) in [7, 11) is 0. The number of hydrogen-bond donors (Lipinski definition) is 1. The molecule has 0 aromatic heterocycles. The summed E-state index contributed by atoms with van der Waals surface area (Å²) in [6, 6.07) is 19.7. The smallest absolute Gasteiger partial charge is 0.269 e. The van der Waals surface area contributed by atoms with E-state index in [1.54, 1.807) is 24.3 Å². The minimum Gasteiger partial charge on any atom is -0.368 e. The molecule has 1 aliphatic carbocycles. The average molecular weight is 584 g/mol. The van der Waals surface area contributed by atoms with E-state index in [9.17, 15) is 24.1 Å². The van der Waals surface area contributed by atoms with E-state index < -0.39 is 11.0 Å². The van der Waals surface area contributed by atoms with Crippen molar-refractivity contribution < 1.29 is 18.9 Å². The second kappa shape index (κ2) is 11.2. The van der Waals surface area contributed by atoms with Gasteiger partial charge in [0.25, 0.3) is 5.69 Å². The molecule has 9 nitrogen and oxygen atoms in total. The van der Waals surface area contributed by atoms with Gasteiger partial charge >= 0.3 is 0 Å². The van der Waals surface area contributed by atoms with Crippen molar-refractivity contribution >= 4 is 34.4 Å². The van der Waals surface area contributed by atoms with Crippen LogP contribution in [0.3, 0.4) is 0 Å². The van der Waals surface area contributed by atoms with Gasteiger partial charge in [-0.2, -0.15) is 0 Å². The Bertz CT molecular complexity index is 1590. The highest BCUT2D eigenvalue weighted by atomic mass is 19.1. The maximum atomic E-state index is 13.9. The first-order valence-corrected chi connectivity index (χ1v) is 14.5. The summed E-state index contributed by atoms with van der Waals surface area (Å²) < 4.78 is 13.4. The monoisotopic (exact) mass is 583 g/mol. The zero-order chi connectivity index (χ0) is 30.3. The fourth-order valence-electron chi connectivity index (χ4n) is 6.46. The van der Waals surface area contributed by atoms with Crippen molar-refractivity contribution in [1.82, 2.24) is 4.90 Å². The number of carbonyl (C=O) groups is 2. The van der Waals surface area contributed by atoms with Crippen LogP contribution in [0.25, 0.3) is 0 Å². The summed E-state index contributed by atoms with van der Waals surface area (Å²) in [4.78, 5) is 44.7. The fourth-order valence-corrected chi connectivity index (χ4v) is 6.46. The molecular weight excluding hydrogens is 549 g/mol. The molecule has 0 radical (unpaired) electrons. The Hall–Kier alpha value is -4.73. The number of anilines is 3. The molecule has 1 N–H and O–H groups in total. The third kappa shape index (κ3) is 5.69. The van der Waals surface area contributed by atoms with Crippen molar-refractivity contribution in [3.05, 3.63) is 106 Å². The summed E-state index contributed by atoms with van der Waals surface area (Å²) in [5.74, 6) is -0.362. The topological polar surface area (TPSA) is 99.0 Å². The predicted octanol–water partition coefficient (Wildman–Crippen LogP) is 5.70. The number of para-hydroxylation sites is 2. The first kappa shape index (κ1) is 28.4. The van der Waals surface area contributed by atoms with Crippen LogP contribution in [0.1, 0.15) is 38.3 Å². The Morgan fingerprint density at radius 2 is 1.65 bits per heavy atom. The number of amides is 1. The fraction of sp³-hybridized carbons (Fsp3) is 0.333. The molecule has 0 spiro atoms. The largest absolute Gasteiger partial charge is 0.368 e. The van der Waals surface area contributed by atoms with Gasteiger partial charge in [0.2, 0.25) is 5.91 Å². The lowest BCUT2D eigenvalue weighted by atomic mass is 9.73. The van der Waals surface area contributed by atoms with E-state index in [0.29, 0.717) is 50.2 Å². The Balaban J connectivity index is 1.35. The number of fused-ring (bicyclic) bond motifs is 1. The van der Waals surface area contributed by atoms with E-state index in [2.05, 4.69) is 24.1 Å². The SMILES string of the molecule is CC1(C)CC(=O)C2=C(C1)Nc1ccccc1N(CC(=O)N1CCN(c3ccc(F)cc3)CC1)C2c1ccc([N+](=O)[O-])cc1. The molecule has 1 atom stereocenters. The molecular formula is C33H34FN5O4. The second-order valence-corrected chi connectivity index (χ2v) is 12.2. The van der Waals surface area contributed by atoms with Crippen LogP contribution in [0.5, 0.6) is 0 Å². The van der Waals surface area contributed by atoms with Crippen molar-refractivity contribution in [2.45, 2.75) is 32.7 Å². The van der Waals surface area contributed by atoms with E-state index in [-0.39, 0.29) is 35.2 Å². The van der Waals surface area contributed by atoms with E-state index in [0.717, 1.165) is 22.8 Å². The Morgan fingerprint density at radius 1 is 0.977 bits per heavy atom. The number of nitrogens with zero attached hydrogens (tertiary/aromatic N) is 4. The molecule has 0 saturated carbocycles. The van der Waals surface area contributed by atoms with Crippen molar-refractivity contribution in [2.75, 3.05) is 47.8 Å². The minimum atomic E-state index is -0.611. The molecule has 2 aliphatic heterocycles. The molecule has 222 valence electrons. The predicted molar refractivity (Wildman–Crippen MR) is 163 cm³/mol. The van der Waals surface area contributed by atoms with Gasteiger partial charge < -0.3 is 20.0 Å². The number of carbonyl (C=O) groups excluding carboxylic acids is 2. The number of benzene rings is 3. The van der Waals surface area contributed by atoms with E-state index >= 15 is 0 Å². The Morgan fingerprint density at radius 3 is 2.33 bits per heavy atom. The van der Waals surface area contributed by atoms with Crippen molar-refractivity contribution in [3.8, 4) is 0 Å². The quantitative estimate of drug-likeness (QED) is 0.304. The van der Waals surface area contributed by atoms with Gasteiger partial charge in [-0.15, -0.1) is 0 Å². The van der Waals surface area contributed by atoms with Crippen LogP contribution in [0.4, 0.5) is 27.1 Å². The summed E-state index contributed by atoms with van der Waals surface area (Å²) in [5, 5.41) is 15.0. The number of hydrogen-bond acceptors (Lipinski definition) is 7. The summed E-state index contributed by atoms with van der Waals surface area (Å²) in [6.45, 7) is 6.40. The van der Waals surface area contributed by atoms with Gasteiger partial charge in [0, 0.05) is 61.7 Å². The van der Waals surface area contributed by atoms with Crippen LogP contribution in [0, 0.1) is 21.3 Å². The van der Waals surface area contributed by atoms with E-state index in [1.165, 1.54) is 24.3 Å². The number of nitro benzene ring substituents is 1. The third-order valence-corrected chi connectivity index (χ3v) is 8.55. The second-order valence-electron chi connectivity index (χ2n) is 12.2. The highest BCUT2D eigenvalue weighted by molar-refractivity contribution is 6.02. The number of nitrogens with one attached hydrogen (secondary N) is 1. The highest BCUT2D eigenvalue weighted by Crippen LogP contribution is 2.48. The summed E-state index contributed by atoms with van der Waals surface area (Å²) in [5.41, 5.74) is 4.34. The van der Waals surface area contributed by atoms with Crippen molar-refractivity contribution in [1.29, 1.82) is 0 Å². The van der Waals surface area contributed by atoms with Gasteiger partial charge in [0.15, 0.2) is 5.78 Å². The molecule has 3 aromatic rings. The lowest BCUT2D eigenvalue weighted by Crippen LogP contribution is -2.52. The normalized spacial score (nSPS) is 19.7. The number of nitro groups is 1. The molecule has 3 aliphatic rings. The molecule has 3 aromatic carbocycles. The maximum Gasteiger partial charge on any atom is 0.269 e. The summed E-state index contributed by atoms with van der Waals surface area (Å²) in [6.07, 6.45) is 1.01. The van der Waals surface area contributed by atoms with Crippen molar-refractivity contribution in [3.63, 3.8) is 0 Å². The minimum absolute atomic E-state index is 0.000250. The van der Waals surface area contributed by atoms with Gasteiger partial charge in [-0.3, -0.25) is 19.7 Å². The number of rotatable bonds is 5. The van der Waals surface area contributed by atoms with E-state index in [4.69, 9.17) is 0 Å². The van der Waals surface area contributed by atoms with Crippen LogP contribution >= 0.6 is 0 Å². The molecule has 1 unspecified atom stereocenters. The van der Waals surface area contributed by atoms with Crippen LogP contribution in [0.2, 0.25) is 0 Å². The molecule has 2 heterocycles. The van der Waals surface area contributed by atoms with Crippen LogP contribution < -0.4 is 15.1 Å². The first-order chi connectivity index (χ1) is 20.6. The van der Waals surface area contributed by atoms with Gasteiger partial charge in [-0.1, -0.05) is 26.0 Å². The van der Waals surface area contributed by atoms with Crippen LogP contribution in [-0.4, -0.2) is 54.2 Å². The Kier molecular flexibility index (Phi) is 7.37. The van der Waals surface area contributed by atoms with E-state index in [1.807, 2.05) is 34.1 Å². The summed E-state index contributed by atoms with van der Waals surface area (Å²) >= 11 is 0. The van der Waals surface area contributed by atoms with Gasteiger partial charge in [-0.05, 0) is 65.9 Å². The molecule has 1 fully saturated rings. The molecule has 6 rings (SSSR count). The van der Waals surface area contributed by atoms with Gasteiger partial charge in [0.1, 0.15) is 5.82 Å². The number of allylic oxidation sites excluding steroid dienone is 1. The molecule has 43 heavy (non-hydrogen) atoms. The zero-order valence-electron chi connectivity index (χ0n) is 24.3. The number of Topliss-reactive ketones (excluding diaryl/α,β-unsaturated/α-hetero) is 1. The van der Waals surface area contributed by atoms with Gasteiger partial charge in [0.05, 0.1) is 28.9 Å². The Labute approximate surface area is 249 Å². The van der Waals surface area contributed by atoms with Crippen LogP contribution in [-0.2, 0) is 9.59 Å². The lowest BCUT2D eigenvalue weighted by molar-refractivity contribution is -0.384. The highest BCUT2D eigenvalue weighted by Gasteiger charge is 2.42. The number of ketones is 1. The number of piperazine rings is 1. The lowest BCUT2D eigenvalue weighted by Gasteiger charge is -2.40. The van der Waals surface area contributed by atoms with Gasteiger partial charge in [-0.25, -0.2) is 4.39 Å². The number of halogens is 1. The molecule has 10 heteroatoms. The molecule has 1 saturated heterocycles.